The van der Waals surface area contributed by atoms with Gasteiger partial charge in [-0.3, -0.25) is 5.26 Å². The normalized spacial score (nSPS) is 9.23. The largest absolute Gasteiger partial charge is 0.312 e. The van der Waals surface area contributed by atoms with Crippen molar-refractivity contribution in [2.75, 3.05) is 13.7 Å². The van der Waals surface area contributed by atoms with Crippen LogP contribution in [0.1, 0.15) is 53.0 Å². The van der Waals surface area contributed by atoms with E-state index in [4.69, 9.17) is 10.1 Å². The summed E-state index contributed by atoms with van der Waals surface area (Å²) in [6.07, 6.45) is 3.63. The highest BCUT2D eigenvalue weighted by Gasteiger charge is 2.06. The Bertz CT molecular complexity index is 295. The first-order chi connectivity index (χ1) is 10.4. The van der Waals surface area contributed by atoms with Gasteiger partial charge in [-0.15, -0.1) is 0 Å². The van der Waals surface area contributed by atoms with Crippen LogP contribution in [0.5, 0.6) is 0 Å². The van der Waals surface area contributed by atoms with E-state index in [0.717, 1.165) is 6.54 Å². The highest BCUT2D eigenvalue weighted by atomic mass is 17.1. The standard InChI is InChI=1S/C13H21N.C3H8.CH4O2.CH2O/c1-13(2,3)14-11-7-10-12-8-5-4-6-9-12;2*1-3-2;1-2/h4-6,8-9,14H,7,10-11H2,1-3H3;3H2,1-2H3;2H,1H3;1H2. The molecule has 0 saturated carbocycles. The number of hydrogen-bond donors (Lipinski definition) is 2. The monoisotopic (exact) mass is 313 g/mol. The van der Waals surface area contributed by atoms with Gasteiger partial charge in [0.15, 0.2) is 0 Å². The lowest BCUT2D eigenvalue weighted by Gasteiger charge is -2.20. The molecule has 0 aromatic heterocycles. The molecule has 1 rings (SSSR count). The first kappa shape index (κ1) is 25.7. The molecule has 4 nitrogen and oxygen atoms in total. The zero-order valence-electron chi connectivity index (χ0n) is 15.2. The molecule has 0 bridgehead atoms. The van der Waals surface area contributed by atoms with Crippen molar-refractivity contribution in [3.05, 3.63) is 35.9 Å². The Hall–Kier alpha value is -1.23. The van der Waals surface area contributed by atoms with Crippen molar-refractivity contribution >= 4 is 6.79 Å². The maximum atomic E-state index is 8.00. The lowest BCUT2D eigenvalue weighted by molar-refractivity contribution is -0.214. The maximum Gasteiger partial charge on any atom is 0.106 e. The van der Waals surface area contributed by atoms with Gasteiger partial charge in [0.25, 0.3) is 0 Å². The number of rotatable bonds is 4. The Labute approximate surface area is 136 Å². The second kappa shape index (κ2) is 19.8. The Morgan fingerprint density at radius 2 is 1.55 bits per heavy atom. The van der Waals surface area contributed by atoms with Crippen LogP contribution in [-0.4, -0.2) is 31.2 Å². The zero-order valence-corrected chi connectivity index (χ0v) is 15.2. The third kappa shape index (κ3) is 27.2. The summed E-state index contributed by atoms with van der Waals surface area (Å²) in [6.45, 7) is 14.0. The fourth-order valence-electron chi connectivity index (χ4n) is 1.40. The smallest absolute Gasteiger partial charge is 0.106 e. The van der Waals surface area contributed by atoms with Gasteiger partial charge in [0, 0.05) is 5.54 Å². The van der Waals surface area contributed by atoms with Gasteiger partial charge in [0.1, 0.15) is 6.79 Å². The third-order valence-electron chi connectivity index (χ3n) is 2.14. The summed E-state index contributed by atoms with van der Waals surface area (Å²) >= 11 is 0. The van der Waals surface area contributed by atoms with E-state index < -0.39 is 0 Å². The average Bonchev–Trinajstić information content (AvgIpc) is 2.48. The van der Waals surface area contributed by atoms with Crippen molar-refractivity contribution in [3.63, 3.8) is 0 Å². The molecular weight excluding hydrogens is 278 g/mol. The molecule has 0 aliphatic heterocycles. The molecule has 2 N–H and O–H groups in total. The second-order valence-electron chi connectivity index (χ2n) is 5.66. The molecule has 0 aliphatic rings. The Morgan fingerprint density at radius 3 is 1.91 bits per heavy atom. The van der Waals surface area contributed by atoms with E-state index in [1.165, 1.54) is 31.9 Å². The molecule has 0 heterocycles. The van der Waals surface area contributed by atoms with Gasteiger partial charge in [0.2, 0.25) is 0 Å². The first-order valence-corrected chi connectivity index (χ1v) is 7.66. The van der Waals surface area contributed by atoms with E-state index >= 15 is 0 Å². The lowest BCUT2D eigenvalue weighted by atomic mass is 10.1. The molecule has 0 atom stereocenters. The quantitative estimate of drug-likeness (QED) is 0.493. The highest BCUT2D eigenvalue weighted by Crippen LogP contribution is 2.03. The molecule has 22 heavy (non-hydrogen) atoms. The van der Waals surface area contributed by atoms with E-state index in [2.05, 4.69) is 75.2 Å². The zero-order chi connectivity index (χ0) is 17.9. The molecular formula is C18H35NO3. The summed E-state index contributed by atoms with van der Waals surface area (Å²) in [6, 6.07) is 10.7. The van der Waals surface area contributed by atoms with Crippen LogP contribution in [0.3, 0.4) is 0 Å². The molecule has 4 heteroatoms. The summed E-state index contributed by atoms with van der Waals surface area (Å²) in [5, 5.41) is 10.6. The van der Waals surface area contributed by atoms with E-state index in [0.29, 0.717) is 0 Å². The maximum absolute atomic E-state index is 8.00. The highest BCUT2D eigenvalue weighted by molar-refractivity contribution is 5.14. The van der Waals surface area contributed by atoms with Crippen LogP contribution in [0.25, 0.3) is 0 Å². The molecule has 0 unspecified atom stereocenters. The summed E-state index contributed by atoms with van der Waals surface area (Å²) in [5.74, 6) is 0. The summed E-state index contributed by atoms with van der Waals surface area (Å²) in [5.41, 5.74) is 1.68. The number of carbonyl (C=O) groups excluding carboxylic acids is 1. The molecule has 0 spiro atoms. The van der Waals surface area contributed by atoms with Crippen LogP contribution >= 0.6 is 0 Å². The van der Waals surface area contributed by atoms with Crippen LogP contribution in [0.2, 0.25) is 0 Å². The van der Waals surface area contributed by atoms with Crippen LogP contribution in [0.4, 0.5) is 0 Å². The van der Waals surface area contributed by atoms with Crippen molar-refractivity contribution in [2.24, 2.45) is 0 Å². The van der Waals surface area contributed by atoms with Gasteiger partial charge in [-0.2, -0.15) is 0 Å². The molecule has 130 valence electrons. The first-order valence-electron chi connectivity index (χ1n) is 7.66. The van der Waals surface area contributed by atoms with E-state index in [1.54, 1.807) is 0 Å². The van der Waals surface area contributed by atoms with Crippen molar-refractivity contribution in [2.45, 2.75) is 59.4 Å². The van der Waals surface area contributed by atoms with Gasteiger partial charge in [-0.05, 0) is 45.7 Å². The predicted octanol–water partition coefficient (Wildman–Crippen LogP) is 4.34. The summed E-state index contributed by atoms with van der Waals surface area (Å²) in [7, 11) is 1.18. The molecule has 1 aromatic rings. The van der Waals surface area contributed by atoms with Crippen LogP contribution in [0, 0.1) is 0 Å². The topological polar surface area (TPSA) is 58.6 Å². The lowest BCUT2D eigenvalue weighted by Crippen LogP contribution is -2.36. The van der Waals surface area contributed by atoms with E-state index in [1.807, 2.05) is 6.79 Å². The van der Waals surface area contributed by atoms with Gasteiger partial charge in [-0.1, -0.05) is 50.6 Å². The minimum atomic E-state index is 0.247. The van der Waals surface area contributed by atoms with Crippen LogP contribution in [-0.2, 0) is 16.1 Å². The van der Waals surface area contributed by atoms with E-state index in [9.17, 15) is 0 Å². The number of benzene rings is 1. The van der Waals surface area contributed by atoms with Gasteiger partial charge in [0.05, 0.1) is 7.11 Å². The molecule has 0 saturated heterocycles. The van der Waals surface area contributed by atoms with Crippen molar-refractivity contribution in [1.82, 2.24) is 5.32 Å². The third-order valence-corrected chi connectivity index (χ3v) is 2.14. The minimum absolute atomic E-state index is 0.247. The minimum Gasteiger partial charge on any atom is -0.312 e. The predicted molar refractivity (Wildman–Crippen MR) is 95.2 cm³/mol. The fourth-order valence-corrected chi connectivity index (χ4v) is 1.40. The van der Waals surface area contributed by atoms with Gasteiger partial charge >= 0.3 is 0 Å². The van der Waals surface area contributed by atoms with Gasteiger partial charge in [-0.25, -0.2) is 4.89 Å². The molecule has 0 amide bonds. The number of hydrogen-bond acceptors (Lipinski definition) is 4. The summed E-state index contributed by atoms with van der Waals surface area (Å²) in [4.78, 5) is 11.2. The van der Waals surface area contributed by atoms with Crippen molar-refractivity contribution < 1.29 is 14.9 Å². The average molecular weight is 313 g/mol. The second-order valence-corrected chi connectivity index (χ2v) is 5.66. The summed E-state index contributed by atoms with van der Waals surface area (Å²) < 4.78 is 0. The number of aryl methyl sites for hydroxylation is 1. The van der Waals surface area contributed by atoms with Crippen molar-refractivity contribution in [3.8, 4) is 0 Å². The Morgan fingerprint density at radius 1 is 1.14 bits per heavy atom. The van der Waals surface area contributed by atoms with Gasteiger partial charge < -0.3 is 10.1 Å². The van der Waals surface area contributed by atoms with Crippen molar-refractivity contribution in [1.29, 1.82) is 0 Å². The van der Waals surface area contributed by atoms with Crippen LogP contribution in [0.15, 0.2) is 30.3 Å². The van der Waals surface area contributed by atoms with E-state index in [-0.39, 0.29) is 5.54 Å². The number of nitrogens with one attached hydrogen (secondary N) is 1. The molecule has 0 fully saturated rings. The number of carbonyl (C=O) groups is 1. The van der Waals surface area contributed by atoms with Crippen LogP contribution < -0.4 is 5.32 Å². The SMILES string of the molecule is C=O.CC(C)(C)NCCCc1ccccc1.CCC.COO. The molecule has 0 aliphatic carbocycles. The fraction of sp³-hybridized carbons (Fsp3) is 0.611. The molecule has 0 radical (unpaired) electrons. The Balaban J connectivity index is -0.000000382. The Kier molecular flexibility index (Phi) is 23.1. The molecule has 1 aromatic carbocycles.